The standard InChI is InChI=1S/C12H17NO2/c1-12(14,8-15-2)11-7-9-5-3-4-6-10(9)13-11/h3-6,11,13-14H,7-8H2,1-2H3. The second kappa shape index (κ2) is 3.83. The van der Waals surface area contributed by atoms with E-state index in [1.165, 1.54) is 5.56 Å². The van der Waals surface area contributed by atoms with Gasteiger partial charge in [0.1, 0.15) is 5.60 Å². The maximum absolute atomic E-state index is 10.2. The third kappa shape index (κ3) is 1.98. The maximum atomic E-state index is 10.2. The van der Waals surface area contributed by atoms with Crippen molar-refractivity contribution < 1.29 is 9.84 Å². The molecule has 0 fully saturated rings. The minimum Gasteiger partial charge on any atom is -0.386 e. The Labute approximate surface area is 90.1 Å². The van der Waals surface area contributed by atoms with Gasteiger partial charge in [0.05, 0.1) is 12.6 Å². The Hall–Kier alpha value is -1.06. The summed E-state index contributed by atoms with van der Waals surface area (Å²) in [6, 6.07) is 8.19. The van der Waals surface area contributed by atoms with Gasteiger partial charge in [0, 0.05) is 12.8 Å². The number of benzene rings is 1. The van der Waals surface area contributed by atoms with E-state index in [-0.39, 0.29) is 6.04 Å². The Bertz CT molecular complexity index is 324. The molecule has 0 saturated heterocycles. The van der Waals surface area contributed by atoms with Crippen LogP contribution in [0.4, 0.5) is 5.69 Å². The summed E-state index contributed by atoms with van der Waals surface area (Å²) in [5.74, 6) is 0. The van der Waals surface area contributed by atoms with Crippen LogP contribution >= 0.6 is 0 Å². The molecule has 1 aliphatic rings. The van der Waals surface area contributed by atoms with Crippen LogP contribution in [0, 0.1) is 0 Å². The molecule has 3 heteroatoms. The van der Waals surface area contributed by atoms with Crippen LogP contribution in [0.2, 0.25) is 0 Å². The molecule has 2 N–H and O–H groups in total. The molecule has 0 radical (unpaired) electrons. The van der Waals surface area contributed by atoms with Crippen molar-refractivity contribution in [2.75, 3.05) is 19.0 Å². The summed E-state index contributed by atoms with van der Waals surface area (Å²) >= 11 is 0. The van der Waals surface area contributed by atoms with E-state index in [0.29, 0.717) is 6.61 Å². The molecule has 15 heavy (non-hydrogen) atoms. The largest absolute Gasteiger partial charge is 0.386 e. The number of anilines is 1. The zero-order chi connectivity index (χ0) is 10.9. The molecule has 1 aliphatic heterocycles. The van der Waals surface area contributed by atoms with Crippen molar-refractivity contribution in [1.29, 1.82) is 0 Å². The zero-order valence-electron chi connectivity index (χ0n) is 9.16. The SMILES string of the molecule is COCC(C)(O)C1Cc2ccccc2N1. The highest BCUT2D eigenvalue weighted by molar-refractivity contribution is 5.57. The van der Waals surface area contributed by atoms with Gasteiger partial charge in [0.2, 0.25) is 0 Å². The van der Waals surface area contributed by atoms with Gasteiger partial charge >= 0.3 is 0 Å². The Kier molecular flexibility index (Phi) is 2.67. The minimum absolute atomic E-state index is 0.0369. The van der Waals surface area contributed by atoms with E-state index >= 15 is 0 Å². The number of aliphatic hydroxyl groups is 1. The normalized spacial score (nSPS) is 23.0. The predicted octanol–water partition coefficient (Wildman–Crippen LogP) is 1.42. The molecule has 82 valence electrons. The van der Waals surface area contributed by atoms with E-state index < -0.39 is 5.60 Å². The highest BCUT2D eigenvalue weighted by Gasteiger charge is 2.35. The van der Waals surface area contributed by atoms with Gasteiger partial charge in [-0.2, -0.15) is 0 Å². The molecule has 2 unspecified atom stereocenters. The van der Waals surface area contributed by atoms with Crippen molar-refractivity contribution in [2.45, 2.75) is 25.0 Å². The van der Waals surface area contributed by atoms with Crippen molar-refractivity contribution in [3.63, 3.8) is 0 Å². The van der Waals surface area contributed by atoms with Crippen LogP contribution in [0.1, 0.15) is 12.5 Å². The lowest BCUT2D eigenvalue weighted by atomic mass is 9.95. The molecule has 2 atom stereocenters. The van der Waals surface area contributed by atoms with Gasteiger partial charge < -0.3 is 15.2 Å². The third-order valence-electron chi connectivity index (χ3n) is 2.96. The van der Waals surface area contributed by atoms with Crippen LogP contribution in [-0.2, 0) is 11.2 Å². The number of rotatable bonds is 3. The van der Waals surface area contributed by atoms with Crippen LogP contribution in [0.15, 0.2) is 24.3 Å². The lowest BCUT2D eigenvalue weighted by molar-refractivity contribution is -0.0287. The van der Waals surface area contributed by atoms with Gasteiger partial charge in [-0.1, -0.05) is 18.2 Å². The van der Waals surface area contributed by atoms with Crippen LogP contribution in [-0.4, -0.2) is 30.5 Å². The van der Waals surface area contributed by atoms with Crippen LogP contribution in [0.5, 0.6) is 0 Å². The Morgan fingerprint density at radius 2 is 2.27 bits per heavy atom. The summed E-state index contributed by atoms with van der Waals surface area (Å²) in [7, 11) is 1.61. The van der Waals surface area contributed by atoms with Crippen molar-refractivity contribution in [2.24, 2.45) is 0 Å². The highest BCUT2D eigenvalue weighted by Crippen LogP contribution is 2.30. The first-order valence-corrected chi connectivity index (χ1v) is 5.19. The van der Waals surface area contributed by atoms with Gasteiger partial charge in [0.15, 0.2) is 0 Å². The van der Waals surface area contributed by atoms with Crippen LogP contribution in [0.3, 0.4) is 0 Å². The highest BCUT2D eigenvalue weighted by atomic mass is 16.5. The first kappa shape index (κ1) is 10.5. The fraction of sp³-hybridized carbons (Fsp3) is 0.500. The van der Waals surface area contributed by atoms with Crippen molar-refractivity contribution in [3.05, 3.63) is 29.8 Å². The molecule has 1 aromatic rings. The number of fused-ring (bicyclic) bond motifs is 1. The molecule has 0 aromatic heterocycles. The number of methoxy groups -OCH3 is 1. The lowest BCUT2D eigenvalue weighted by Crippen LogP contribution is -2.46. The second-order valence-electron chi connectivity index (χ2n) is 4.35. The smallest absolute Gasteiger partial charge is 0.105 e. The first-order chi connectivity index (χ1) is 7.13. The fourth-order valence-electron chi connectivity index (χ4n) is 2.07. The Morgan fingerprint density at radius 3 is 2.93 bits per heavy atom. The summed E-state index contributed by atoms with van der Waals surface area (Å²) < 4.78 is 5.03. The predicted molar refractivity (Wildman–Crippen MR) is 60.1 cm³/mol. The molecule has 0 amide bonds. The van der Waals surface area contributed by atoms with Gasteiger partial charge in [-0.05, 0) is 25.0 Å². The number of ether oxygens (including phenoxy) is 1. The molecule has 1 aromatic carbocycles. The number of nitrogens with one attached hydrogen (secondary N) is 1. The average molecular weight is 207 g/mol. The topological polar surface area (TPSA) is 41.5 Å². The van der Waals surface area contributed by atoms with Crippen molar-refractivity contribution >= 4 is 5.69 Å². The van der Waals surface area contributed by atoms with Crippen molar-refractivity contribution in [1.82, 2.24) is 0 Å². The van der Waals surface area contributed by atoms with E-state index in [0.717, 1.165) is 12.1 Å². The molecule has 3 nitrogen and oxygen atoms in total. The van der Waals surface area contributed by atoms with E-state index in [1.54, 1.807) is 14.0 Å². The molecule has 1 heterocycles. The molecule has 0 bridgehead atoms. The number of hydrogen-bond acceptors (Lipinski definition) is 3. The molecule has 2 rings (SSSR count). The molecular formula is C12H17NO2. The summed E-state index contributed by atoms with van der Waals surface area (Å²) in [4.78, 5) is 0. The third-order valence-corrected chi connectivity index (χ3v) is 2.96. The van der Waals surface area contributed by atoms with E-state index in [9.17, 15) is 5.11 Å². The number of para-hydroxylation sites is 1. The van der Waals surface area contributed by atoms with Gasteiger partial charge in [-0.3, -0.25) is 0 Å². The van der Waals surface area contributed by atoms with Gasteiger partial charge in [-0.25, -0.2) is 0 Å². The van der Waals surface area contributed by atoms with Crippen molar-refractivity contribution in [3.8, 4) is 0 Å². The lowest BCUT2D eigenvalue weighted by Gasteiger charge is -2.29. The fourth-order valence-corrected chi connectivity index (χ4v) is 2.07. The quantitative estimate of drug-likeness (QED) is 0.787. The first-order valence-electron chi connectivity index (χ1n) is 5.19. The minimum atomic E-state index is -0.826. The number of hydrogen-bond donors (Lipinski definition) is 2. The Balaban J connectivity index is 2.13. The van der Waals surface area contributed by atoms with Gasteiger partial charge in [0.25, 0.3) is 0 Å². The average Bonchev–Trinajstić information content (AvgIpc) is 2.61. The van der Waals surface area contributed by atoms with E-state index in [1.807, 2.05) is 18.2 Å². The van der Waals surface area contributed by atoms with E-state index in [2.05, 4.69) is 11.4 Å². The van der Waals surface area contributed by atoms with Crippen LogP contribution in [0.25, 0.3) is 0 Å². The summed E-state index contributed by atoms with van der Waals surface area (Å²) in [5, 5.41) is 13.5. The molecular weight excluding hydrogens is 190 g/mol. The monoisotopic (exact) mass is 207 g/mol. The van der Waals surface area contributed by atoms with Gasteiger partial charge in [-0.15, -0.1) is 0 Å². The maximum Gasteiger partial charge on any atom is 0.105 e. The van der Waals surface area contributed by atoms with E-state index in [4.69, 9.17) is 4.74 Å². The Morgan fingerprint density at radius 1 is 1.53 bits per heavy atom. The van der Waals surface area contributed by atoms with Crippen LogP contribution < -0.4 is 5.32 Å². The molecule has 0 aliphatic carbocycles. The summed E-state index contributed by atoms with van der Waals surface area (Å²) in [6.07, 6.45) is 0.854. The molecule has 0 spiro atoms. The summed E-state index contributed by atoms with van der Waals surface area (Å²) in [6.45, 7) is 2.15. The summed E-state index contributed by atoms with van der Waals surface area (Å²) in [5.41, 5.74) is 1.56. The second-order valence-corrected chi connectivity index (χ2v) is 4.35. The molecule has 0 saturated carbocycles. The zero-order valence-corrected chi connectivity index (χ0v) is 9.16.